The van der Waals surface area contributed by atoms with E-state index < -0.39 is 0 Å². The van der Waals surface area contributed by atoms with Gasteiger partial charge in [-0.15, -0.1) is 0 Å². The summed E-state index contributed by atoms with van der Waals surface area (Å²) in [5.74, 6) is 0.951. The third kappa shape index (κ3) is 3.74. The first-order valence-electron chi connectivity index (χ1n) is 7.86. The topological polar surface area (TPSA) is 24.5 Å². The van der Waals surface area contributed by atoms with Gasteiger partial charge in [-0.25, -0.2) is 0 Å². The summed E-state index contributed by atoms with van der Waals surface area (Å²) in [5.41, 5.74) is 1.35. The normalized spacial score (nSPS) is 20.9. The lowest BCUT2D eigenvalue weighted by Gasteiger charge is -2.39. The van der Waals surface area contributed by atoms with Gasteiger partial charge < -0.3 is 10.1 Å². The Hall–Kier alpha value is -1.06. The molecule has 1 aliphatic rings. The molecule has 1 N–H and O–H groups in total. The molecule has 0 amide bonds. The molecule has 0 aliphatic carbocycles. The first-order valence-corrected chi connectivity index (χ1v) is 7.86. The molecule has 0 spiro atoms. The lowest BCUT2D eigenvalue weighted by molar-refractivity contribution is 0.120. The van der Waals surface area contributed by atoms with Crippen molar-refractivity contribution in [2.24, 2.45) is 0 Å². The van der Waals surface area contributed by atoms with Crippen molar-refractivity contribution in [1.29, 1.82) is 0 Å². The Morgan fingerprint density at radius 3 is 2.95 bits per heavy atom. The van der Waals surface area contributed by atoms with Crippen molar-refractivity contribution < 1.29 is 4.74 Å². The summed E-state index contributed by atoms with van der Waals surface area (Å²) < 4.78 is 5.36. The molecule has 2 unspecified atom stereocenters. The van der Waals surface area contributed by atoms with Gasteiger partial charge in [0.25, 0.3) is 0 Å². The summed E-state index contributed by atoms with van der Waals surface area (Å²) >= 11 is 0. The van der Waals surface area contributed by atoms with E-state index in [4.69, 9.17) is 4.74 Å². The van der Waals surface area contributed by atoms with Gasteiger partial charge in [-0.1, -0.05) is 19.1 Å². The minimum atomic E-state index is 0.440. The highest BCUT2D eigenvalue weighted by Crippen LogP contribution is 2.27. The quantitative estimate of drug-likeness (QED) is 0.863. The predicted molar refractivity (Wildman–Crippen MR) is 84.3 cm³/mol. The molecule has 1 heterocycles. The fourth-order valence-corrected chi connectivity index (χ4v) is 3.16. The maximum atomic E-state index is 5.36. The lowest BCUT2D eigenvalue weighted by Crippen LogP contribution is -2.47. The van der Waals surface area contributed by atoms with Crippen LogP contribution >= 0.6 is 0 Å². The van der Waals surface area contributed by atoms with Gasteiger partial charge in [-0.3, -0.25) is 4.90 Å². The van der Waals surface area contributed by atoms with Crippen LogP contribution in [0.15, 0.2) is 24.3 Å². The number of piperidine rings is 1. The van der Waals surface area contributed by atoms with Gasteiger partial charge in [-0.05, 0) is 57.0 Å². The first kappa shape index (κ1) is 15.3. The zero-order valence-electron chi connectivity index (χ0n) is 13.1. The van der Waals surface area contributed by atoms with Crippen LogP contribution in [-0.4, -0.2) is 37.7 Å². The number of hydrogen-bond acceptors (Lipinski definition) is 3. The highest BCUT2D eigenvalue weighted by atomic mass is 16.5. The summed E-state index contributed by atoms with van der Waals surface area (Å²) in [7, 11) is 1.73. The summed E-state index contributed by atoms with van der Waals surface area (Å²) in [4.78, 5) is 2.65. The first-order chi connectivity index (χ1) is 9.76. The molecule has 1 fully saturated rings. The van der Waals surface area contributed by atoms with Gasteiger partial charge in [0.05, 0.1) is 7.11 Å². The van der Waals surface area contributed by atoms with Crippen LogP contribution in [0.2, 0.25) is 0 Å². The average Bonchev–Trinajstić information content (AvgIpc) is 2.53. The summed E-state index contributed by atoms with van der Waals surface area (Å²) in [6, 6.07) is 9.59. The minimum Gasteiger partial charge on any atom is -0.497 e. The predicted octanol–water partition coefficient (Wildman–Crippen LogP) is 3.22. The number of nitrogens with one attached hydrogen (secondary N) is 1. The molecule has 0 aromatic heterocycles. The minimum absolute atomic E-state index is 0.440. The molecule has 0 bridgehead atoms. The molecule has 3 nitrogen and oxygen atoms in total. The molecule has 1 aromatic rings. The van der Waals surface area contributed by atoms with Crippen LogP contribution in [0, 0.1) is 0 Å². The van der Waals surface area contributed by atoms with E-state index in [1.165, 1.54) is 31.4 Å². The van der Waals surface area contributed by atoms with Crippen LogP contribution in [-0.2, 0) is 0 Å². The molecular weight excluding hydrogens is 248 g/mol. The lowest BCUT2D eigenvalue weighted by atomic mass is 10.00. The van der Waals surface area contributed by atoms with Crippen LogP contribution in [0.1, 0.15) is 44.7 Å². The molecule has 2 atom stereocenters. The van der Waals surface area contributed by atoms with Crippen molar-refractivity contribution in [2.75, 3.05) is 26.7 Å². The van der Waals surface area contributed by atoms with E-state index in [0.29, 0.717) is 12.1 Å². The Balaban J connectivity index is 2.14. The van der Waals surface area contributed by atoms with E-state index >= 15 is 0 Å². The smallest absolute Gasteiger partial charge is 0.119 e. The number of ether oxygens (including phenoxy) is 1. The van der Waals surface area contributed by atoms with E-state index in [0.717, 1.165) is 18.8 Å². The van der Waals surface area contributed by atoms with Crippen molar-refractivity contribution >= 4 is 0 Å². The Labute approximate surface area is 123 Å². The van der Waals surface area contributed by atoms with Crippen LogP contribution in [0.3, 0.4) is 0 Å². The van der Waals surface area contributed by atoms with Gasteiger partial charge in [0.1, 0.15) is 5.75 Å². The number of methoxy groups -OCH3 is 1. The van der Waals surface area contributed by atoms with Gasteiger partial charge in [0, 0.05) is 18.6 Å². The molecule has 1 saturated heterocycles. The molecule has 0 saturated carbocycles. The summed E-state index contributed by atoms with van der Waals surface area (Å²) in [6.45, 7) is 8.03. The zero-order chi connectivity index (χ0) is 14.4. The second-order valence-electron chi connectivity index (χ2n) is 5.69. The molecule has 3 heteroatoms. The zero-order valence-corrected chi connectivity index (χ0v) is 13.1. The average molecular weight is 276 g/mol. The Morgan fingerprint density at radius 1 is 1.45 bits per heavy atom. The number of rotatable bonds is 6. The third-order valence-electron chi connectivity index (χ3n) is 4.30. The summed E-state index contributed by atoms with van der Waals surface area (Å²) in [5, 5.41) is 3.54. The maximum Gasteiger partial charge on any atom is 0.119 e. The van der Waals surface area contributed by atoms with E-state index in [9.17, 15) is 0 Å². The van der Waals surface area contributed by atoms with Gasteiger partial charge in [0.15, 0.2) is 0 Å². The van der Waals surface area contributed by atoms with Crippen molar-refractivity contribution in [2.45, 2.75) is 45.2 Å². The van der Waals surface area contributed by atoms with Gasteiger partial charge in [-0.2, -0.15) is 0 Å². The second-order valence-corrected chi connectivity index (χ2v) is 5.69. The monoisotopic (exact) mass is 276 g/mol. The van der Waals surface area contributed by atoms with Crippen molar-refractivity contribution in [3.8, 4) is 5.75 Å². The fraction of sp³-hybridized carbons (Fsp3) is 0.647. The van der Waals surface area contributed by atoms with E-state index in [1.54, 1.807) is 7.11 Å². The molecule has 0 radical (unpaired) electrons. The Kier molecular flexibility index (Phi) is 5.86. The number of hydrogen-bond donors (Lipinski definition) is 1. The van der Waals surface area contributed by atoms with Crippen LogP contribution in [0.5, 0.6) is 5.75 Å². The van der Waals surface area contributed by atoms with Crippen molar-refractivity contribution in [3.63, 3.8) is 0 Å². The number of nitrogens with zero attached hydrogens (tertiary/aromatic N) is 1. The standard InChI is InChI=1S/C17H28N2O/c1-4-11-19(16-8-6-10-18-13-16)14(2)15-7-5-9-17(12-15)20-3/h5,7,9,12,14,16,18H,4,6,8,10-11,13H2,1-3H3. The van der Waals surface area contributed by atoms with Crippen molar-refractivity contribution in [3.05, 3.63) is 29.8 Å². The molecule has 2 rings (SSSR count). The molecule has 1 aromatic carbocycles. The SMILES string of the molecule is CCCN(C1CCCNC1)C(C)c1cccc(OC)c1. The Bertz CT molecular complexity index is 402. The highest BCUT2D eigenvalue weighted by molar-refractivity contribution is 5.30. The molecular formula is C17H28N2O. The van der Waals surface area contributed by atoms with Crippen LogP contribution in [0.25, 0.3) is 0 Å². The van der Waals surface area contributed by atoms with Gasteiger partial charge in [0.2, 0.25) is 0 Å². The molecule has 1 aliphatic heterocycles. The fourth-order valence-electron chi connectivity index (χ4n) is 3.16. The second kappa shape index (κ2) is 7.65. The number of benzene rings is 1. The summed E-state index contributed by atoms with van der Waals surface area (Å²) in [6.07, 6.45) is 3.79. The van der Waals surface area contributed by atoms with E-state index in [1.807, 2.05) is 6.07 Å². The third-order valence-corrected chi connectivity index (χ3v) is 4.30. The molecule has 112 valence electrons. The highest BCUT2D eigenvalue weighted by Gasteiger charge is 2.25. The Morgan fingerprint density at radius 2 is 2.30 bits per heavy atom. The molecule has 20 heavy (non-hydrogen) atoms. The van der Waals surface area contributed by atoms with E-state index in [-0.39, 0.29) is 0 Å². The van der Waals surface area contributed by atoms with Crippen LogP contribution in [0.4, 0.5) is 0 Å². The van der Waals surface area contributed by atoms with Crippen LogP contribution < -0.4 is 10.1 Å². The largest absolute Gasteiger partial charge is 0.497 e. The van der Waals surface area contributed by atoms with Gasteiger partial charge >= 0.3 is 0 Å². The maximum absolute atomic E-state index is 5.36. The van der Waals surface area contributed by atoms with E-state index in [2.05, 4.69) is 42.3 Å². The van der Waals surface area contributed by atoms with Crippen molar-refractivity contribution in [1.82, 2.24) is 10.2 Å².